The second kappa shape index (κ2) is 7.20. The molecule has 3 rings (SSSR count). The van der Waals surface area contributed by atoms with Crippen LogP contribution in [0.2, 0.25) is 0 Å². The Labute approximate surface area is 138 Å². The maximum atomic E-state index is 2.25. The van der Waals surface area contributed by atoms with Gasteiger partial charge in [-0.1, -0.05) is 54.6 Å². The maximum Gasteiger partial charge on any atom is 0.0461 e. The van der Waals surface area contributed by atoms with Crippen LogP contribution in [0.15, 0.2) is 91.0 Å². The molecule has 0 heterocycles. The van der Waals surface area contributed by atoms with E-state index in [0.717, 1.165) is 0 Å². The van der Waals surface area contributed by atoms with E-state index >= 15 is 0 Å². The van der Waals surface area contributed by atoms with Crippen molar-refractivity contribution in [1.82, 2.24) is 0 Å². The smallest absolute Gasteiger partial charge is 0.0461 e. The number of hydrogen-bond donors (Lipinski definition) is 0. The van der Waals surface area contributed by atoms with Crippen molar-refractivity contribution >= 4 is 17.1 Å². The van der Waals surface area contributed by atoms with Crippen LogP contribution in [0.25, 0.3) is 0 Å². The first-order chi connectivity index (χ1) is 9.45. The molecule has 0 N–H and O–H groups in total. The molecule has 2 heteroatoms. The first kappa shape index (κ1) is 14.7. The van der Waals surface area contributed by atoms with Gasteiger partial charge in [-0.2, -0.15) is 0 Å². The third-order valence-corrected chi connectivity index (χ3v) is 3.04. The Morgan fingerprint density at radius 2 is 0.650 bits per heavy atom. The van der Waals surface area contributed by atoms with Gasteiger partial charge in [0.2, 0.25) is 0 Å². The molecular weight excluding hydrogens is 275 g/mol. The van der Waals surface area contributed by atoms with E-state index in [1.807, 2.05) is 18.2 Å². The summed E-state index contributed by atoms with van der Waals surface area (Å²) in [4.78, 5) is 2.25. The molecule has 1 nitrogen and oxygen atoms in total. The third-order valence-electron chi connectivity index (χ3n) is 3.04. The second-order valence-corrected chi connectivity index (χ2v) is 4.34. The van der Waals surface area contributed by atoms with E-state index in [1.165, 1.54) is 17.1 Å². The van der Waals surface area contributed by atoms with E-state index in [-0.39, 0.29) is 25.8 Å². The number of rotatable bonds is 3. The van der Waals surface area contributed by atoms with Gasteiger partial charge < -0.3 is 4.90 Å². The third kappa shape index (κ3) is 3.26. The van der Waals surface area contributed by atoms with Gasteiger partial charge in [0.25, 0.3) is 0 Å². The van der Waals surface area contributed by atoms with Crippen LogP contribution in [0.3, 0.4) is 0 Å². The number of para-hydroxylation sites is 3. The van der Waals surface area contributed by atoms with Gasteiger partial charge in [-0.3, -0.25) is 0 Å². The molecule has 0 atom stereocenters. The molecule has 0 fully saturated rings. The fraction of sp³-hybridized carbons (Fsp3) is 0. The fourth-order valence-electron chi connectivity index (χ4n) is 2.18. The Kier molecular flexibility index (Phi) is 5.31. The van der Waals surface area contributed by atoms with E-state index in [1.54, 1.807) is 0 Å². The first-order valence-electron chi connectivity index (χ1n) is 6.40. The Morgan fingerprint density at radius 1 is 0.400 bits per heavy atom. The molecule has 0 unspecified atom stereocenters. The van der Waals surface area contributed by atoms with Crippen molar-refractivity contribution in [2.24, 2.45) is 0 Å². The Morgan fingerprint density at radius 3 is 0.900 bits per heavy atom. The molecule has 0 aliphatic rings. The van der Waals surface area contributed by atoms with Crippen molar-refractivity contribution in [3.63, 3.8) is 0 Å². The Hall–Kier alpha value is -1.67. The van der Waals surface area contributed by atoms with Crippen LogP contribution in [-0.4, -0.2) is 0 Å². The molecule has 0 bridgehead atoms. The summed E-state index contributed by atoms with van der Waals surface area (Å²) in [6, 6.07) is 31.3. The minimum atomic E-state index is 0. The Bertz CT molecular complexity index is 529. The predicted molar refractivity (Wildman–Crippen MR) is 81.1 cm³/mol. The zero-order valence-electron chi connectivity index (χ0n) is 11.2. The van der Waals surface area contributed by atoms with Crippen LogP contribution in [-0.2, 0) is 25.8 Å². The van der Waals surface area contributed by atoms with E-state index < -0.39 is 0 Å². The van der Waals surface area contributed by atoms with E-state index in [2.05, 4.69) is 77.7 Å². The summed E-state index contributed by atoms with van der Waals surface area (Å²) >= 11 is 0. The van der Waals surface area contributed by atoms with Gasteiger partial charge >= 0.3 is 0 Å². The number of nitrogens with zero attached hydrogens (tertiary/aromatic N) is 1. The summed E-state index contributed by atoms with van der Waals surface area (Å²) in [5.41, 5.74) is 3.50. The van der Waals surface area contributed by atoms with Crippen molar-refractivity contribution in [3.8, 4) is 0 Å². The molecule has 0 aromatic heterocycles. The summed E-state index contributed by atoms with van der Waals surface area (Å²) in [5.74, 6) is 0. The van der Waals surface area contributed by atoms with Gasteiger partial charge in [0.1, 0.15) is 0 Å². The largest absolute Gasteiger partial charge is 0.311 e. The molecule has 0 saturated heterocycles. The molecule has 95 valence electrons. The zero-order valence-corrected chi connectivity index (χ0v) is 13.0. The van der Waals surface area contributed by atoms with Crippen molar-refractivity contribution in [3.05, 3.63) is 91.0 Å². The van der Waals surface area contributed by atoms with Crippen LogP contribution in [0.1, 0.15) is 0 Å². The Balaban J connectivity index is 0.00000147. The molecule has 3 aromatic rings. The SMILES string of the molecule is [Sc].c1ccc(N(c2ccccc2)c2ccccc2)cc1. The number of hydrogen-bond acceptors (Lipinski definition) is 1. The molecule has 0 saturated carbocycles. The second-order valence-electron chi connectivity index (χ2n) is 4.34. The van der Waals surface area contributed by atoms with Gasteiger partial charge in [-0.25, -0.2) is 0 Å². The van der Waals surface area contributed by atoms with E-state index in [9.17, 15) is 0 Å². The predicted octanol–water partition coefficient (Wildman–Crippen LogP) is 5.15. The van der Waals surface area contributed by atoms with Crippen molar-refractivity contribution in [2.75, 3.05) is 4.90 Å². The molecule has 0 amide bonds. The first-order valence-corrected chi connectivity index (χ1v) is 6.40. The molecule has 3 aromatic carbocycles. The molecule has 0 aliphatic carbocycles. The normalized spacial score (nSPS) is 9.60. The average Bonchev–Trinajstić information content (AvgIpc) is 2.51. The standard InChI is InChI=1S/C18H15N.Sc/c1-4-10-16(11-5-1)19(17-12-6-2-7-13-17)18-14-8-3-9-15-18;/h1-15H;. The minimum absolute atomic E-state index is 0. The summed E-state index contributed by atoms with van der Waals surface area (Å²) in [5, 5.41) is 0. The number of benzene rings is 3. The summed E-state index contributed by atoms with van der Waals surface area (Å²) in [6.45, 7) is 0. The average molecular weight is 290 g/mol. The zero-order chi connectivity index (χ0) is 12.9. The maximum absolute atomic E-state index is 2.25. The summed E-state index contributed by atoms with van der Waals surface area (Å²) in [6.07, 6.45) is 0. The van der Waals surface area contributed by atoms with Crippen LogP contribution in [0, 0.1) is 0 Å². The van der Waals surface area contributed by atoms with Crippen LogP contribution in [0.5, 0.6) is 0 Å². The van der Waals surface area contributed by atoms with Crippen LogP contribution in [0.4, 0.5) is 17.1 Å². The van der Waals surface area contributed by atoms with Crippen molar-refractivity contribution < 1.29 is 25.8 Å². The topological polar surface area (TPSA) is 3.24 Å². The van der Waals surface area contributed by atoms with E-state index in [4.69, 9.17) is 0 Å². The van der Waals surface area contributed by atoms with E-state index in [0.29, 0.717) is 0 Å². The van der Waals surface area contributed by atoms with Crippen LogP contribution < -0.4 is 4.90 Å². The van der Waals surface area contributed by atoms with Crippen molar-refractivity contribution in [2.45, 2.75) is 0 Å². The van der Waals surface area contributed by atoms with Crippen LogP contribution >= 0.6 is 0 Å². The molecule has 0 spiro atoms. The monoisotopic (exact) mass is 290 g/mol. The van der Waals surface area contributed by atoms with Gasteiger partial charge in [-0.05, 0) is 36.4 Å². The number of anilines is 3. The fourth-order valence-corrected chi connectivity index (χ4v) is 2.18. The molecule has 0 aliphatic heterocycles. The summed E-state index contributed by atoms with van der Waals surface area (Å²) < 4.78 is 0. The van der Waals surface area contributed by atoms with Crippen molar-refractivity contribution in [1.29, 1.82) is 0 Å². The van der Waals surface area contributed by atoms with Gasteiger partial charge in [0.15, 0.2) is 0 Å². The summed E-state index contributed by atoms with van der Waals surface area (Å²) in [7, 11) is 0. The minimum Gasteiger partial charge on any atom is -0.311 e. The van der Waals surface area contributed by atoms with Gasteiger partial charge in [-0.15, -0.1) is 0 Å². The quantitative estimate of drug-likeness (QED) is 0.644. The molecular formula is C18H15NSc. The molecule has 20 heavy (non-hydrogen) atoms. The molecule has 1 radical (unpaired) electrons. The van der Waals surface area contributed by atoms with Gasteiger partial charge in [0, 0.05) is 42.9 Å². The van der Waals surface area contributed by atoms with Gasteiger partial charge in [0.05, 0.1) is 0 Å².